The molecule has 184 valence electrons. The number of hydrogen-bond acceptors (Lipinski definition) is 5. The Balaban J connectivity index is 1.59. The number of rotatable bonds is 9. The molecule has 1 atom stereocenters. The topological polar surface area (TPSA) is 76.7 Å². The highest BCUT2D eigenvalue weighted by Crippen LogP contribution is 2.44. The van der Waals surface area contributed by atoms with Crippen molar-refractivity contribution < 1.29 is 19.0 Å². The summed E-state index contributed by atoms with van der Waals surface area (Å²) in [5, 5.41) is 7.59. The molecular weight excluding hydrogens is 454 g/mol. The molecule has 0 saturated carbocycles. The predicted octanol–water partition coefficient (Wildman–Crippen LogP) is 5.28. The SMILES string of the molecule is CCOc1ccc(C2c3c(-c4ccc(OC)cc4)n[nH]c3C(=O)N2CCc2ccccc2)cc1OC. The fourth-order valence-corrected chi connectivity index (χ4v) is 4.77. The maximum absolute atomic E-state index is 13.6. The van der Waals surface area contributed by atoms with E-state index in [1.54, 1.807) is 14.2 Å². The summed E-state index contributed by atoms with van der Waals surface area (Å²) < 4.78 is 16.7. The molecule has 0 radical (unpaired) electrons. The maximum Gasteiger partial charge on any atom is 0.273 e. The number of aromatic amines is 1. The van der Waals surface area contributed by atoms with Crippen LogP contribution in [-0.2, 0) is 6.42 Å². The predicted molar refractivity (Wildman–Crippen MR) is 138 cm³/mol. The molecule has 1 amide bonds. The third-order valence-electron chi connectivity index (χ3n) is 6.51. The minimum atomic E-state index is -0.323. The summed E-state index contributed by atoms with van der Waals surface area (Å²) in [6.45, 7) is 3.04. The zero-order valence-corrected chi connectivity index (χ0v) is 20.7. The lowest BCUT2D eigenvalue weighted by molar-refractivity contribution is 0.0745. The zero-order chi connectivity index (χ0) is 25.1. The van der Waals surface area contributed by atoms with Crippen molar-refractivity contribution >= 4 is 5.91 Å². The Morgan fingerprint density at radius 3 is 2.42 bits per heavy atom. The first-order chi connectivity index (χ1) is 17.6. The Morgan fingerprint density at radius 1 is 0.944 bits per heavy atom. The van der Waals surface area contributed by atoms with Crippen LogP contribution >= 0.6 is 0 Å². The van der Waals surface area contributed by atoms with E-state index in [4.69, 9.17) is 14.2 Å². The van der Waals surface area contributed by atoms with Crippen LogP contribution in [-0.4, -0.2) is 48.4 Å². The van der Waals surface area contributed by atoms with Crippen molar-refractivity contribution in [3.63, 3.8) is 0 Å². The summed E-state index contributed by atoms with van der Waals surface area (Å²) in [4.78, 5) is 15.6. The van der Waals surface area contributed by atoms with E-state index in [2.05, 4.69) is 22.3 Å². The summed E-state index contributed by atoms with van der Waals surface area (Å²) in [5.41, 5.74) is 5.16. The average Bonchev–Trinajstić information content (AvgIpc) is 3.47. The molecule has 0 fully saturated rings. The van der Waals surface area contributed by atoms with E-state index in [9.17, 15) is 4.79 Å². The molecule has 1 unspecified atom stereocenters. The summed E-state index contributed by atoms with van der Waals surface area (Å²) >= 11 is 0. The number of methoxy groups -OCH3 is 2. The molecule has 36 heavy (non-hydrogen) atoms. The van der Waals surface area contributed by atoms with Crippen molar-refractivity contribution in [2.24, 2.45) is 0 Å². The van der Waals surface area contributed by atoms with E-state index in [0.717, 1.165) is 34.6 Å². The molecule has 2 heterocycles. The second kappa shape index (κ2) is 10.2. The van der Waals surface area contributed by atoms with Crippen LogP contribution in [0.4, 0.5) is 0 Å². The van der Waals surface area contributed by atoms with E-state index in [1.165, 1.54) is 5.56 Å². The number of amides is 1. The lowest BCUT2D eigenvalue weighted by atomic mass is 9.95. The zero-order valence-electron chi connectivity index (χ0n) is 20.7. The average molecular weight is 484 g/mol. The number of carbonyl (C=O) groups excluding carboxylic acids is 1. The number of aromatic nitrogens is 2. The van der Waals surface area contributed by atoms with Gasteiger partial charge in [-0.15, -0.1) is 0 Å². The van der Waals surface area contributed by atoms with E-state index in [1.807, 2.05) is 72.5 Å². The van der Waals surface area contributed by atoms with Crippen LogP contribution in [0.25, 0.3) is 11.3 Å². The first-order valence-electron chi connectivity index (χ1n) is 12.0. The molecule has 1 aliphatic heterocycles. The Bertz CT molecular complexity index is 1350. The van der Waals surface area contributed by atoms with Gasteiger partial charge in [0.25, 0.3) is 5.91 Å². The second-order valence-corrected chi connectivity index (χ2v) is 8.57. The third kappa shape index (κ3) is 4.28. The van der Waals surface area contributed by atoms with E-state index >= 15 is 0 Å². The first kappa shape index (κ1) is 23.5. The van der Waals surface area contributed by atoms with Crippen molar-refractivity contribution in [2.45, 2.75) is 19.4 Å². The van der Waals surface area contributed by atoms with Crippen molar-refractivity contribution in [2.75, 3.05) is 27.4 Å². The molecule has 4 aromatic rings. The molecule has 1 aromatic heterocycles. The summed E-state index contributed by atoms with van der Waals surface area (Å²) in [6.07, 6.45) is 0.743. The molecule has 7 nitrogen and oxygen atoms in total. The molecule has 0 saturated heterocycles. The van der Waals surface area contributed by atoms with Gasteiger partial charge in [0.05, 0.1) is 32.6 Å². The van der Waals surface area contributed by atoms with Crippen LogP contribution < -0.4 is 14.2 Å². The van der Waals surface area contributed by atoms with Gasteiger partial charge < -0.3 is 19.1 Å². The fourth-order valence-electron chi connectivity index (χ4n) is 4.77. The number of ether oxygens (including phenoxy) is 3. The standard InChI is InChI=1S/C29H29N3O4/c1-4-36-23-15-12-21(18-24(23)35-3)28-25-26(20-10-13-22(34-2)14-11-20)30-31-27(25)29(33)32(28)17-16-19-8-6-5-7-9-19/h5-15,18,28H,4,16-17H2,1-3H3,(H,30,31). The molecule has 5 rings (SSSR count). The van der Waals surface area contributed by atoms with Crippen molar-refractivity contribution in [1.29, 1.82) is 0 Å². The molecule has 0 spiro atoms. The highest BCUT2D eigenvalue weighted by atomic mass is 16.5. The number of hydrogen-bond donors (Lipinski definition) is 1. The molecule has 0 aliphatic carbocycles. The van der Waals surface area contributed by atoms with Gasteiger partial charge in [0.2, 0.25) is 0 Å². The van der Waals surface area contributed by atoms with Gasteiger partial charge >= 0.3 is 0 Å². The summed E-state index contributed by atoms with van der Waals surface area (Å²) in [5.74, 6) is 2.00. The number of H-pyrrole nitrogens is 1. The molecular formula is C29H29N3O4. The fraction of sp³-hybridized carbons (Fsp3) is 0.241. The van der Waals surface area contributed by atoms with Gasteiger partial charge in [-0.05, 0) is 60.9 Å². The third-order valence-corrected chi connectivity index (χ3v) is 6.51. The highest BCUT2D eigenvalue weighted by Gasteiger charge is 2.42. The van der Waals surface area contributed by atoms with Crippen molar-refractivity contribution in [3.05, 3.63) is 95.2 Å². The molecule has 1 N–H and O–H groups in total. The van der Waals surface area contributed by atoms with Crippen molar-refractivity contribution in [3.8, 4) is 28.5 Å². The van der Waals surface area contributed by atoms with Crippen LogP contribution in [0.3, 0.4) is 0 Å². The Labute approximate surface area is 210 Å². The summed E-state index contributed by atoms with van der Waals surface area (Å²) in [7, 11) is 3.26. The summed E-state index contributed by atoms with van der Waals surface area (Å²) in [6, 6.07) is 23.5. The van der Waals surface area contributed by atoms with Crippen LogP contribution in [0.1, 0.15) is 40.1 Å². The van der Waals surface area contributed by atoms with Gasteiger partial charge in [-0.25, -0.2) is 0 Å². The monoisotopic (exact) mass is 483 g/mol. The van der Waals surface area contributed by atoms with Gasteiger partial charge in [-0.2, -0.15) is 5.10 Å². The second-order valence-electron chi connectivity index (χ2n) is 8.57. The maximum atomic E-state index is 13.6. The van der Waals surface area contributed by atoms with Crippen LogP contribution in [0.5, 0.6) is 17.2 Å². The van der Waals surface area contributed by atoms with E-state index < -0.39 is 0 Å². The largest absolute Gasteiger partial charge is 0.497 e. The number of nitrogens with one attached hydrogen (secondary N) is 1. The van der Waals surface area contributed by atoms with Gasteiger partial charge in [0, 0.05) is 17.7 Å². The molecule has 0 bridgehead atoms. The van der Waals surface area contributed by atoms with Gasteiger partial charge in [0.1, 0.15) is 11.4 Å². The van der Waals surface area contributed by atoms with Crippen molar-refractivity contribution in [1.82, 2.24) is 15.1 Å². The van der Waals surface area contributed by atoms with Crippen LogP contribution in [0.2, 0.25) is 0 Å². The molecule has 1 aliphatic rings. The number of benzene rings is 3. The number of nitrogens with zero attached hydrogens (tertiary/aromatic N) is 2. The van der Waals surface area contributed by atoms with E-state index in [-0.39, 0.29) is 11.9 Å². The van der Waals surface area contributed by atoms with Gasteiger partial charge in [-0.3, -0.25) is 9.89 Å². The van der Waals surface area contributed by atoms with Crippen LogP contribution in [0, 0.1) is 0 Å². The lowest BCUT2D eigenvalue weighted by Gasteiger charge is -2.27. The normalized spacial score (nSPS) is 14.6. The Hall–Kier alpha value is -4.26. The molecule has 7 heteroatoms. The molecule has 3 aromatic carbocycles. The van der Waals surface area contributed by atoms with Crippen LogP contribution in [0.15, 0.2) is 72.8 Å². The van der Waals surface area contributed by atoms with E-state index in [0.29, 0.717) is 30.3 Å². The quantitative estimate of drug-likeness (QED) is 0.351. The highest BCUT2D eigenvalue weighted by molar-refractivity contribution is 6.00. The smallest absolute Gasteiger partial charge is 0.273 e. The van der Waals surface area contributed by atoms with Gasteiger partial charge in [-0.1, -0.05) is 36.4 Å². The Morgan fingerprint density at radius 2 is 1.72 bits per heavy atom. The van der Waals surface area contributed by atoms with Gasteiger partial charge in [0.15, 0.2) is 11.5 Å². The first-order valence-corrected chi connectivity index (χ1v) is 12.0. The minimum Gasteiger partial charge on any atom is -0.497 e. The lowest BCUT2D eigenvalue weighted by Crippen LogP contribution is -2.31. The number of carbonyl (C=O) groups is 1. The number of fused-ring (bicyclic) bond motifs is 1. The Kier molecular flexibility index (Phi) is 6.62. The minimum absolute atomic E-state index is 0.0638.